The van der Waals surface area contributed by atoms with Gasteiger partial charge in [-0.25, -0.2) is 8.42 Å². The van der Waals surface area contributed by atoms with Crippen molar-refractivity contribution in [2.45, 2.75) is 24.3 Å². The number of hydrogen-bond donors (Lipinski definition) is 2. The third-order valence-electron chi connectivity index (χ3n) is 5.86. The van der Waals surface area contributed by atoms with Crippen LogP contribution in [0.25, 0.3) is 0 Å². The standard InChI is InChI=1S/C26H27N3O4S/c30-25(21-12-9-17-29(19-21)34(32,33)22-13-5-2-6-14-22)28-24-16-8-7-15-23(24)26(31)27-18-20-10-3-1-4-11-20/h1-8,10-11,13-16,21H,9,12,17-19H2,(H,27,31)(H,28,30). The van der Waals surface area contributed by atoms with Crippen molar-refractivity contribution >= 4 is 27.5 Å². The molecule has 3 aromatic rings. The molecule has 176 valence electrons. The first-order valence-electron chi connectivity index (χ1n) is 11.2. The number of benzene rings is 3. The Morgan fingerprint density at radius 2 is 1.53 bits per heavy atom. The minimum absolute atomic E-state index is 0.103. The summed E-state index contributed by atoms with van der Waals surface area (Å²) in [5.74, 6) is -1.10. The van der Waals surface area contributed by atoms with Gasteiger partial charge in [-0.1, -0.05) is 60.7 Å². The molecule has 34 heavy (non-hydrogen) atoms. The van der Waals surface area contributed by atoms with Crippen molar-refractivity contribution in [1.29, 1.82) is 0 Å². The Morgan fingerprint density at radius 1 is 0.882 bits per heavy atom. The van der Waals surface area contributed by atoms with E-state index in [-0.39, 0.29) is 23.3 Å². The maximum absolute atomic E-state index is 13.1. The second-order valence-corrected chi connectivity index (χ2v) is 10.2. The molecule has 1 atom stereocenters. The number of hydrogen-bond acceptors (Lipinski definition) is 4. The van der Waals surface area contributed by atoms with E-state index in [1.54, 1.807) is 54.6 Å². The van der Waals surface area contributed by atoms with Crippen LogP contribution in [-0.4, -0.2) is 37.6 Å². The Balaban J connectivity index is 1.43. The molecule has 1 heterocycles. The Kier molecular flexibility index (Phi) is 7.40. The molecule has 1 fully saturated rings. The fourth-order valence-electron chi connectivity index (χ4n) is 4.01. The largest absolute Gasteiger partial charge is 0.348 e. The van der Waals surface area contributed by atoms with Crippen LogP contribution in [0, 0.1) is 5.92 Å². The molecule has 8 heteroatoms. The summed E-state index contributed by atoms with van der Waals surface area (Å²) < 4.78 is 27.3. The van der Waals surface area contributed by atoms with Crippen LogP contribution in [0.3, 0.4) is 0 Å². The number of carbonyl (C=O) groups is 2. The smallest absolute Gasteiger partial charge is 0.253 e. The van der Waals surface area contributed by atoms with Gasteiger partial charge in [0.25, 0.3) is 5.91 Å². The zero-order chi connectivity index (χ0) is 24.0. The fraction of sp³-hybridized carbons (Fsp3) is 0.231. The summed E-state index contributed by atoms with van der Waals surface area (Å²) in [6.45, 7) is 0.849. The van der Waals surface area contributed by atoms with Crippen LogP contribution in [0.15, 0.2) is 89.8 Å². The first-order valence-corrected chi connectivity index (χ1v) is 12.7. The van der Waals surface area contributed by atoms with Crippen LogP contribution >= 0.6 is 0 Å². The molecule has 3 aromatic carbocycles. The van der Waals surface area contributed by atoms with Crippen LogP contribution in [0.5, 0.6) is 0 Å². The summed E-state index contributed by atoms with van der Waals surface area (Å²) >= 11 is 0. The van der Waals surface area contributed by atoms with Crippen LogP contribution in [0.2, 0.25) is 0 Å². The first kappa shape index (κ1) is 23.7. The zero-order valence-electron chi connectivity index (χ0n) is 18.7. The van der Waals surface area contributed by atoms with Gasteiger partial charge in [0.05, 0.1) is 22.1 Å². The number of sulfonamides is 1. The van der Waals surface area contributed by atoms with Crippen LogP contribution in [0.4, 0.5) is 5.69 Å². The molecule has 4 rings (SSSR count). The number of nitrogens with zero attached hydrogens (tertiary/aromatic N) is 1. The number of anilines is 1. The Labute approximate surface area is 199 Å². The molecule has 0 radical (unpaired) electrons. The van der Waals surface area contributed by atoms with Crippen molar-refractivity contribution in [1.82, 2.24) is 9.62 Å². The molecule has 0 aromatic heterocycles. The van der Waals surface area contributed by atoms with E-state index < -0.39 is 15.9 Å². The molecule has 0 bridgehead atoms. The van der Waals surface area contributed by atoms with Crippen molar-refractivity contribution in [3.63, 3.8) is 0 Å². The van der Waals surface area contributed by atoms with Gasteiger partial charge < -0.3 is 10.6 Å². The zero-order valence-corrected chi connectivity index (χ0v) is 19.5. The molecule has 1 saturated heterocycles. The highest BCUT2D eigenvalue weighted by Crippen LogP contribution is 2.25. The molecular weight excluding hydrogens is 450 g/mol. The van der Waals surface area contributed by atoms with Gasteiger partial charge in [-0.05, 0) is 42.7 Å². The molecule has 1 aliphatic heterocycles. The van der Waals surface area contributed by atoms with E-state index in [0.29, 0.717) is 37.2 Å². The minimum Gasteiger partial charge on any atom is -0.348 e. The van der Waals surface area contributed by atoms with E-state index in [1.807, 2.05) is 30.3 Å². The highest BCUT2D eigenvalue weighted by Gasteiger charge is 2.33. The van der Waals surface area contributed by atoms with Crippen molar-refractivity contribution in [2.75, 3.05) is 18.4 Å². The van der Waals surface area contributed by atoms with Gasteiger partial charge in [-0.2, -0.15) is 4.31 Å². The second kappa shape index (κ2) is 10.6. The molecule has 7 nitrogen and oxygen atoms in total. The summed E-state index contributed by atoms with van der Waals surface area (Å²) in [6, 6.07) is 24.6. The normalized spacial score (nSPS) is 16.5. The molecule has 2 N–H and O–H groups in total. The van der Waals surface area contributed by atoms with Crippen LogP contribution in [0.1, 0.15) is 28.8 Å². The average Bonchev–Trinajstić information content (AvgIpc) is 2.89. The molecule has 1 aliphatic rings. The van der Waals surface area contributed by atoms with Gasteiger partial charge in [0.2, 0.25) is 15.9 Å². The van der Waals surface area contributed by atoms with Gasteiger partial charge in [-0.3, -0.25) is 9.59 Å². The maximum atomic E-state index is 13.1. The fourth-order valence-corrected chi connectivity index (χ4v) is 5.56. The summed E-state index contributed by atoms with van der Waals surface area (Å²) in [5.41, 5.74) is 1.73. The lowest BCUT2D eigenvalue weighted by molar-refractivity contribution is -0.120. The highest BCUT2D eigenvalue weighted by atomic mass is 32.2. The van der Waals surface area contributed by atoms with Gasteiger partial charge in [0.1, 0.15) is 0 Å². The van der Waals surface area contributed by atoms with Gasteiger partial charge >= 0.3 is 0 Å². The molecule has 0 saturated carbocycles. The van der Waals surface area contributed by atoms with Crippen molar-refractivity contribution < 1.29 is 18.0 Å². The second-order valence-electron chi connectivity index (χ2n) is 8.22. The maximum Gasteiger partial charge on any atom is 0.253 e. The van der Waals surface area contributed by atoms with E-state index in [1.165, 1.54) is 4.31 Å². The third kappa shape index (κ3) is 5.52. The van der Waals surface area contributed by atoms with Crippen molar-refractivity contribution in [3.05, 3.63) is 96.1 Å². The van der Waals surface area contributed by atoms with Crippen molar-refractivity contribution in [3.8, 4) is 0 Å². The lowest BCUT2D eigenvalue weighted by Crippen LogP contribution is -2.43. The topological polar surface area (TPSA) is 95.6 Å². The molecule has 2 amide bonds. The third-order valence-corrected chi connectivity index (χ3v) is 7.74. The average molecular weight is 478 g/mol. The predicted molar refractivity (Wildman–Crippen MR) is 131 cm³/mol. The first-order chi connectivity index (χ1) is 16.4. The summed E-state index contributed by atoms with van der Waals surface area (Å²) in [7, 11) is -3.67. The lowest BCUT2D eigenvalue weighted by Gasteiger charge is -2.31. The number of para-hydroxylation sites is 1. The summed E-state index contributed by atoms with van der Waals surface area (Å²) in [4.78, 5) is 26.1. The van der Waals surface area contributed by atoms with Crippen LogP contribution < -0.4 is 10.6 Å². The van der Waals surface area contributed by atoms with E-state index in [4.69, 9.17) is 0 Å². The van der Waals surface area contributed by atoms with E-state index in [2.05, 4.69) is 10.6 Å². The van der Waals surface area contributed by atoms with Crippen LogP contribution in [-0.2, 0) is 21.4 Å². The van der Waals surface area contributed by atoms with E-state index >= 15 is 0 Å². The van der Waals surface area contributed by atoms with Gasteiger partial charge in [-0.15, -0.1) is 0 Å². The molecular formula is C26H27N3O4S. The number of carbonyl (C=O) groups excluding carboxylic acids is 2. The molecule has 0 spiro atoms. The van der Waals surface area contributed by atoms with E-state index in [9.17, 15) is 18.0 Å². The summed E-state index contributed by atoms with van der Waals surface area (Å²) in [5, 5.41) is 5.73. The highest BCUT2D eigenvalue weighted by molar-refractivity contribution is 7.89. The lowest BCUT2D eigenvalue weighted by atomic mass is 9.98. The Bertz CT molecular complexity index is 1250. The Hall–Kier alpha value is -3.49. The number of piperidine rings is 1. The molecule has 1 unspecified atom stereocenters. The quantitative estimate of drug-likeness (QED) is 0.543. The van der Waals surface area contributed by atoms with E-state index in [0.717, 1.165) is 5.56 Å². The van der Waals surface area contributed by atoms with Gasteiger partial charge in [0, 0.05) is 19.6 Å². The molecule has 0 aliphatic carbocycles. The Morgan fingerprint density at radius 3 is 2.26 bits per heavy atom. The number of nitrogens with one attached hydrogen (secondary N) is 2. The number of rotatable bonds is 7. The summed E-state index contributed by atoms with van der Waals surface area (Å²) in [6.07, 6.45) is 1.17. The number of amides is 2. The van der Waals surface area contributed by atoms with Crippen molar-refractivity contribution in [2.24, 2.45) is 5.92 Å². The predicted octanol–water partition coefficient (Wildman–Crippen LogP) is 3.66. The SMILES string of the molecule is O=C(NCc1ccccc1)c1ccccc1NC(=O)C1CCCN(S(=O)(=O)c2ccccc2)C1. The monoisotopic (exact) mass is 477 g/mol. The minimum atomic E-state index is -3.67. The van der Waals surface area contributed by atoms with Gasteiger partial charge in [0.15, 0.2) is 0 Å².